The third-order valence-electron chi connectivity index (χ3n) is 1.02. The number of likely N-dealkylation sites (N-methyl/N-ethyl adjacent to an activating group) is 1. The van der Waals surface area contributed by atoms with Crippen LogP contribution in [0, 0.1) is 0 Å². The summed E-state index contributed by atoms with van der Waals surface area (Å²) < 4.78 is 0. The number of carboxylic acids is 3. The Balaban J connectivity index is -0.000000102. The molecule has 0 aliphatic heterocycles. The van der Waals surface area contributed by atoms with Crippen molar-refractivity contribution in [3.05, 3.63) is 0 Å². The quantitative estimate of drug-likeness (QED) is 0.354. The number of hydrogen-bond donors (Lipinski definition) is 6. The van der Waals surface area contributed by atoms with Crippen LogP contribution < -0.4 is 10.6 Å². The molecule has 0 heterocycles. The first-order valence-electron chi connectivity index (χ1n) is 6.22. The van der Waals surface area contributed by atoms with Crippen molar-refractivity contribution in [3.63, 3.8) is 0 Å². The maximum Gasteiger partial charge on any atom is 0.300 e. The second kappa shape index (κ2) is 26.8. The average molecular weight is 312 g/mol. The van der Waals surface area contributed by atoms with Crippen LogP contribution in [0.4, 0.5) is 0 Å². The first kappa shape index (κ1) is 27.6. The van der Waals surface area contributed by atoms with E-state index in [-0.39, 0.29) is 6.61 Å². The van der Waals surface area contributed by atoms with Crippen LogP contribution in [0.1, 0.15) is 27.7 Å². The Morgan fingerprint density at radius 3 is 1.29 bits per heavy atom. The molecule has 0 unspecified atom stereocenters. The summed E-state index contributed by atoms with van der Waals surface area (Å²) in [7, 11) is 0. The van der Waals surface area contributed by atoms with E-state index in [1.54, 1.807) is 0 Å². The fraction of sp³-hybridized carbons (Fsp3) is 0.750. The van der Waals surface area contributed by atoms with Gasteiger partial charge in [0.2, 0.25) is 0 Å². The van der Waals surface area contributed by atoms with E-state index in [0.29, 0.717) is 6.54 Å². The molecule has 0 aromatic rings. The second-order valence-corrected chi connectivity index (χ2v) is 3.38. The van der Waals surface area contributed by atoms with Crippen molar-refractivity contribution in [1.82, 2.24) is 10.6 Å². The van der Waals surface area contributed by atoms with Gasteiger partial charge in [-0.1, -0.05) is 6.92 Å². The van der Waals surface area contributed by atoms with Crippen LogP contribution in [0.25, 0.3) is 0 Å². The molecule has 0 fully saturated rings. The van der Waals surface area contributed by atoms with Gasteiger partial charge in [0.25, 0.3) is 17.9 Å². The first-order valence-corrected chi connectivity index (χ1v) is 6.22. The zero-order valence-corrected chi connectivity index (χ0v) is 13.0. The number of carboxylic acid groups (broad SMARTS) is 3. The second-order valence-electron chi connectivity index (χ2n) is 3.38. The number of carbonyl (C=O) groups is 3. The number of aliphatic hydroxyl groups excluding tert-OH is 1. The number of hydrogen-bond acceptors (Lipinski definition) is 6. The van der Waals surface area contributed by atoms with E-state index in [0.717, 1.165) is 40.4 Å². The van der Waals surface area contributed by atoms with Gasteiger partial charge in [0.1, 0.15) is 0 Å². The Morgan fingerprint density at radius 1 is 0.762 bits per heavy atom. The largest absolute Gasteiger partial charge is 0.481 e. The molecule has 0 saturated heterocycles. The fourth-order valence-corrected chi connectivity index (χ4v) is 0.558. The molecule has 0 spiro atoms. The van der Waals surface area contributed by atoms with Crippen molar-refractivity contribution in [2.24, 2.45) is 0 Å². The van der Waals surface area contributed by atoms with Crippen molar-refractivity contribution in [3.8, 4) is 0 Å². The maximum absolute atomic E-state index is 9.00. The molecule has 0 aliphatic rings. The third kappa shape index (κ3) is 264. The topological polar surface area (TPSA) is 156 Å². The highest BCUT2D eigenvalue weighted by Crippen LogP contribution is 1.58. The molecule has 0 amide bonds. The lowest BCUT2D eigenvalue weighted by Crippen LogP contribution is -2.28. The molecule has 6 N–H and O–H groups in total. The van der Waals surface area contributed by atoms with Crippen molar-refractivity contribution in [2.45, 2.75) is 27.7 Å². The molecule has 128 valence electrons. The van der Waals surface area contributed by atoms with Crippen LogP contribution in [-0.4, -0.2) is 71.1 Å². The van der Waals surface area contributed by atoms with Crippen molar-refractivity contribution in [1.29, 1.82) is 0 Å². The van der Waals surface area contributed by atoms with Crippen molar-refractivity contribution < 1.29 is 34.8 Å². The molecule has 0 bridgehead atoms. The van der Waals surface area contributed by atoms with Crippen molar-refractivity contribution >= 4 is 17.9 Å². The standard InChI is InChI=1S/C6H16N2O.3C2H4O2/c1-2-7-3-4-8-5-6-9;3*1-2(3)4/h7-9H,2-6H2,1H3;3*1H3,(H,3,4). The molecule has 0 aromatic carbocycles. The van der Waals surface area contributed by atoms with Gasteiger partial charge in [0.05, 0.1) is 6.61 Å². The van der Waals surface area contributed by atoms with Gasteiger partial charge in [0.15, 0.2) is 0 Å². The predicted molar refractivity (Wildman–Crippen MR) is 78.4 cm³/mol. The fourth-order valence-electron chi connectivity index (χ4n) is 0.558. The summed E-state index contributed by atoms with van der Waals surface area (Å²) in [6.07, 6.45) is 0. The molecule has 0 aromatic heterocycles. The molecular formula is C12H28N2O7. The van der Waals surface area contributed by atoms with Gasteiger partial charge in [-0.25, -0.2) is 0 Å². The van der Waals surface area contributed by atoms with Crippen LogP contribution in [0.5, 0.6) is 0 Å². The normalized spacial score (nSPS) is 7.86. The number of aliphatic carboxylic acids is 3. The number of nitrogens with one attached hydrogen (secondary N) is 2. The molecule has 9 nitrogen and oxygen atoms in total. The van der Waals surface area contributed by atoms with Gasteiger partial charge in [-0.2, -0.15) is 0 Å². The van der Waals surface area contributed by atoms with Gasteiger partial charge in [-0.3, -0.25) is 14.4 Å². The molecule has 0 aliphatic carbocycles. The van der Waals surface area contributed by atoms with Gasteiger partial charge in [-0.15, -0.1) is 0 Å². The molecular weight excluding hydrogens is 284 g/mol. The Labute approximate surface area is 125 Å². The van der Waals surface area contributed by atoms with Crippen LogP contribution in [-0.2, 0) is 14.4 Å². The first-order chi connectivity index (χ1) is 9.61. The van der Waals surface area contributed by atoms with Crippen LogP contribution in [0.15, 0.2) is 0 Å². The lowest BCUT2D eigenvalue weighted by Gasteiger charge is -2.01. The summed E-state index contributed by atoms with van der Waals surface area (Å²) in [6.45, 7) is 9.19. The van der Waals surface area contributed by atoms with Gasteiger partial charge in [0, 0.05) is 40.4 Å². The summed E-state index contributed by atoms with van der Waals surface area (Å²) >= 11 is 0. The minimum absolute atomic E-state index is 0.228. The highest BCUT2D eigenvalue weighted by molar-refractivity contribution is 5.63. The van der Waals surface area contributed by atoms with Crippen LogP contribution in [0.2, 0.25) is 0 Å². The summed E-state index contributed by atoms with van der Waals surface area (Å²) in [5.74, 6) is -2.50. The van der Waals surface area contributed by atoms with E-state index in [4.69, 9.17) is 34.8 Å². The predicted octanol–water partition coefficient (Wildman–Crippen LogP) is -0.549. The van der Waals surface area contributed by atoms with Gasteiger partial charge < -0.3 is 31.1 Å². The van der Waals surface area contributed by atoms with Crippen LogP contribution >= 0.6 is 0 Å². The maximum atomic E-state index is 9.00. The summed E-state index contributed by atoms with van der Waals surface area (Å²) in [5.41, 5.74) is 0. The Morgan fingerprint density at radius 2 is 1.05 bits per heavy atom. The molecule has 0 atom stereocenters. The smallest absolute Gasteiger partial charge is 0.300 e. The average Bonchev–Trinajstić information content (AvgIpc) is 2.26. The lowest BCUT2D eigenvalue weighted by atomic mass is 10.5. The highest BCUT2D eigenvalue weighted by atomic mass is 16.4. The molecule has 21 heavy (non-hydrogen) atoms. The van der Waals surface area contributed by atoms with Gasteiger partial charge >= 0.3 is 0 Å². The Hall–Kier alpha value is -1.71. The number of aliphatic hydroxyl groups is 1. The zero-order chi connectivity index (χ0) is 17.7. The zero-order valence-electron chi connectivity index (χ0n) is 13.0. The number of rotatable bonds is 6. The van der Waals surface area contributed by atoms with E-state index in [1.165, 1.54) is 0 Å². The molecule has 9 heteroatoms. The van der Waals surface area contributed by atoms with E-state index in [1.807, 2.05) is 0 Å². The Kier molecular flexibility index (Phi) is 35.2. The third-order valence-corrected chi connectivity index (χ3v) is 1.02. The minimum Gasteiger partial charge on any atom is -0.481 e. The van der Waals surface area contributed by atoms with Crippen LogP contribution in [0.3, 0.4) is 0 Å². The Bertz CT molecular complexity index is 201. The van der Waals surface area contributed by atoms with Crippen molar-refractivity contribution in [2.75, 3.05) is 32.8 Å². The lowest BCUT2D eigenvalue weighted by molar-refractivity contribution is -0.135. The monoisotopic (exact) mass is 312 g/mol. The summed E-state index contributed by atoms with van der Waals surface area (Å²) in [6, 6.07) is 0. The molecule has 0 radical (unpaired) electrons. The van der Waals surface area contributed by atoms with E-state index >= 15 is 0 Å². The SMILES string of the molecule is CC(=O)O.CC(=O)O.CC(=O)O.CCNCCNCCO. The van der Waals surface area contributed by atoms with Gasteiger partial charge in [-0.05, 0) is 6.54 Å². The molecule has 0 saturated carbocycles. The summed E-state index contributed by atoms with van der Waals surface area (Å²) in [4.78, 5) is 27.0. The van der Waals surface area contributed by atoms with E-state index < -0.39 is 17.9 Å². The van der Waals surface area contributed by atoms with E-state index in [2.05, 4.69) is 17.6 Å². The highest BCUT2D eigenvalue weighted by Gasteiger charge is 1.82. The summed E-state index contributed by atoms with van der Waals surface area (Å²) in [5, 5.41) is 36.8. The van der Waals surface area contributed by atoms with E-state index in [9.17, 15) is 0 Å². The minimum atomic E-state index is -0.833. The molecule has 0 rings (SSSR count).